The molecule has 4 aromatic rings. The number of anilines is 4. The number of hydrogen-bond acceptors (Lipinski definition) is 9. The Bertz CT molecular complexity index is 1520. The van der Waals surface area contributed by atoms with Crippen molar-refractivity contribution >= 4 is 39.7 Å². The summed E-state index contributed by atoms with van der Waals surface area (Å²) in [5, 5.41) is 19.0. The van der Waals surface area contributed by atoms with E-state index in [1.165, 1.54) is 0 Å². The van der Waals surface area contributed by atoms with Gasteiger partial charge in [0.1, 0.15) is 23.9 Å². The molecule has 2 aliphatic heterocycles. The molecule has 5 heterocycles. The number of rotatable bonds is 4. The summed E-state index contributed by atoms with van der Waals surface area (Å²) in [4.78, 5) is 19.3. The normalized spacial score (nSPS) is 16.6. The molecule has 1 atom stereocenters. The average molecular weight is 490 g/mol. The second kappa shape index (κ2) is 8.33. The fourth-order valence-electron chi connectivity index (χ4n) is 4.68. The third-order valence-corrected chi connectivity index (χ3v) is 6.68. The molecular formula is C24H24FN9O2. The minimum atomic E-state index is -0.600. The predicted octanol–water partition coefficient (Wildman–Crippen LogP) is 2.48. The molecule has 4 N–H and O–H groups in total. The summed E-state index contributed by atoms with van der Waals surface area (Å²) < 4.78 is 22.6. The van der Waals surface area contributed by atoms with Crippen LogP contribution in [0.5, 0.6) is 5.88 Å². The SMILES string of the molecule is Cc1c(-c2cc3cc(NC(=O)C4CCN4c4cnn(C)c4)nnc3c(N)c2F)cnc2c1NCCO2. The smallest absolute Gasteiger partial charge is 0.248 e. The van der Waals surface area contributed by atoms with Crippen LogP contribution in [0, 0.1) is 12.7 Å². The predicted molar refractivity (Wildman–Crippen MR) is 133 cm³/mol. The molecule has 1 saturated heterocycles. The van der Waals surface area contributed by atoms with Crippen LogP contribution in [0.3, 0.4) is 0 Å². The third kappa shape index (κ3) is 3.53. The van der Waals surface area contributed by atoms with Crippen molar-refractivity contribution in [1.29, 1.82) is 0 Å². The van der Waals surface area contributed by atoms with Gasteiger partial charge in [0.25, 0.3) is 0 Å². The van der Waals surface area contributed by atoms with Gasteiger partial charge in [0.05, 0.1) is 17.6 Å². The lowest BCUT2D eigenvalue weighted by atomic mass is 9.98. The van der Waals surface area contributed by atoms with Gasteiger partial charge in [0.15, 0.2) is 11.6 Å². The Labute approximate surface area is 205 Å². The zero-order valence-corrected chi connectivity index (χ0v) is 19.7. The monoisotopic (exact) mass is 489 g/mol. The molecule has 0 aliphatic carbocycles. The highest BCUT2D eigenvalue weighted by atomic mass is 19.1. The number of aryl methyl sites for hydroxylation is 1. The van der Waals surface area contributed by atoms with Crippen LogP contribution in [0.4, 0.5) is 27.3 Å². The summed E-state index contributed by atoms with van der Waals surface area (Å²) in [5.41, 5.74) is 9.51. The Morgan fingerprint density at radius 3 is 2.89 bits per heavy atom. The molecular weight excluding hydrogens is 465 g/mol. The number of fused-ring (bicyclic) bond motifs is 2. The van der Waals surface area contributed by atoms with Crippen molar-refractivity contribution in [2.45, 2.75) is 19.4 Å². The highest BCUT2D eigenvalue weighted by Gasteiger charge is 2.35. The number of carbonyl (C=O) groups excluding carboxylic acids is 1. The lowest BCUT2D eigenvalue weighted by molar-refractivity contribution is -0.118. The van der Waals surface area contributed by atoms with Crippen LogP contribution < -0.4 is 26.0 Å². The Morgan fingerprint density at radius 1 is 1.28 bits per heavy atom. The van der Waals surface area contributed by atoms with E-state index in [0.29, 0.717) is 36.4 Å². The molecule has 0 spiro atoms. The summed E-state index contributed by atoms with van der Waals surface area (Å²) in [6.07, 6.45) is 5.89. The number of amides is 1. The van der Waals surface area contributed by atoms with Gasteiger partial charge < -0.3 is 26.0 Å². The van der Waals surface area contributed by atoms with Gasteiger partial charge in [-0.05, 0) is 31.0 Å². The molecule has 12 heteroatoms. The number of aromatic nitrogens is 5. The molecule has 1 unspecified atom stereocenters. The minimum Gasteiger partial charge on any atom is -0.474 e. The van der Waals surface area contributed by atoms with E-state index in [1.54, 1.807) is 29.2 Å². The van der Waals surface area contributed by atoms with Crippen LogP contribution >= 0.6 is 0 Å². The fourth-order valence-corrected chi connectivity index (χ4v) is 4.68. The molecule has 0 radical (unpaired) electrons. The molecule has 36 heavy (non-hydrogen) atoms. The lowest BCUT2D eigenvalue weighted by Crippen LogP contribution is -2.54. The Hall–Kier alpha value is -4.48. The Morgan fingerprint density at radius 2 is 2.14 bits per heavy atom. The summed E-state index contributed by atoms with van der Waals surface area (Å²) >= 11 is 0. The van der Waals surface area contributed by atoms with Gasteiger partial charge in [-0.1, -0.05) is 0 Å². The summed E-state index contributed by atoms with van der Waals surface area (Å²) in [6, 6.07) is 2.96. The van der Waals surface area contributed by atoms with Crippen molar-refractivity contribution in [3.05, 3.63) is 42.1 Å². The third-order valence-electron chi connectivity index (χ3n) is 6.68. The van der Waals surface area contributed by atoms with Crippen LogP contribution in [-0.2, 0) is 11.8 Å². The van der Waals surface area contributed by atoms with Crippen molar-refractivity contribution in [1.82, 2.24) is 25.0 Å². The number of benzene rings is 1. The molecule has 6 rings (SSSR count). The van der Waals surface area contributed by atoms with Gasteiger partial charge in [-0.2, -0.15) is 5.10 Å². The first-order chi connectivity index (χ1) is 17.4. The van der Waals surface area contributed by atoms with E-state index < -0.39 is 5.82 Å². The number of nitrogens with zero attached hydrogens (tertiary/aromatic N) is 6. The van der Waals surface area contributed by atoms with E-state index in [2.05, 4.69) is 30.9 Å². The first-order valence-electron chi connectivity index (χ1n) is 11.6. The van der Waals surface area contributed by atoms with E-state index >= 15 is 4.39 Å². The molecule has 0 bridgehead atoms. The van der Waals surface area contributed by atoms with Crippen LogP contribution in [0.2, 0.25) is 0 Å². The number of ether oxygens (including phenoxy) is 1. The summed E-state index contributed by atoms with van der Waals surface area (Å²) in [5.74, 6) is -0.0479. The first-order valence-corrected chi connectivity index (χ1v) is 11.6. The zero-order chi connectivity index (χ0) is 25.0. The fraction of sp³-hybridized carbons (Fsp3) is 0.292. The van der Waals surface area contributed by atoms with Crippen molar-refractivity contribution < 1.29 is 13.9 Å². The number of nitrogen functional groups attached to an aromatic ring is 1. The zero-order valence-electron chi connectivity index (χ0n) is 19.7. The number of nitrogens with one attached hydrogen (secondary N) is 2. The second-order valence-corrected chi connectivity index (χ2v) is 8.93. The van der Waals surface area contributed by atoms with Gasteiger partial charge >= 0.3 is 0 Å². The second-order valence-electron chi connectivity index (χ2n) is 8.93. The number of halogens is 1. The standard InChI is InChI=1S/C24H24FN9O2/c1-12-16(10-28-24-21(12)27-4-6-36-24)15-7-13-8-18(31-32-22(13)20(26)19(15)25)30-23(35)17-3-5-34(17)14-9-29-33(2)11-14/h7-11,17,27H,3-6,26H2,1-2H3,(H,30,31,35). The molecule has 1 amide bonds. The number of carbonyl (C=O) groups is 1. The highest BCUT2D eigenvalue weighted by molar-refractivity contribution is 6.00. The molecule has 184 valence electrons. The van der Waals surface area contributed by atoms with E-state index in [4.69, 9.17) is 10.5 Å². The van der Waals surface area contributed by atoms with Crippen molar-refractivity contribution in [2.75, 3.05) is 41.0 Å². The van der Waals surface area contributed by atoms with Crippen molar-refractivity contribution in [2.24, 2.45) is 7.05 Å². The van der Waals surface area contributed by atoms with E-state index in [0.717, 1.165) is 23.5 Å². The van der Waals surface area contributed by atoms with E-state index in [-0.39, 0.29) is 34.5 Å². The molecule has 11 nitrogen and oxygen atoms in total. The Kier molecular flexibility index (Phi) is 5.09. The molecule has 3 aromatic heterocycles. The highest BCUT2D eigenvalue weighted by Crippen LogP contribution is 2.39. The molecule has 1 aromatic carbocycles. The van der Waals surface area contributed by atoms with Gasteiger partial charge in [0.2, 0.25) is 11.8 Å². The first kappa shape index (κ1) is 22.0. The van der Waals surface area contributed by atoms with Crippen LogP contribution in [0.1, 0.15) is 12.0 Å². The lowest BCUT2D eigenvalue weighted by Gasteiger charge is -2.40. The number of hydrogen-bond donors (Lipinski definition) is 3. The average Bonchev–Trinajstić information content (AvgIpc) is 3.26. The summed E-state index contributed by atoms with van der Waals surface area (Å²) in [7, 11) is 1.83. The van der Waals surface area contributed by atoms with E-state index in [1.807, 2.05) is 25.1 Å². The summed E-state index contributed by atoms with van der Waals surface area (Å²) in [6.45, 7) is 3.80. The molecule has 2 aliphatic rings. The topological polar surface area (TPSA) is 136 Å². The maximum atomic E-state index is 15.4. The largest absolute Gasteiger partial charge is 0.474 e. The van der Waals surface area contributed by atoms with Crippen LogP contribution in [0.25, 0.3) is 22.0 Å². The van der Waals surface area contributed by atoms with Gasteiger partial charge in [0, 0.05) is 49.0 Å². The maximum Gasteiger partial charge on any atom is 0.248 e. The molecule has 0 saturated carbocycles. The van der Waals surface area contributed by atoms with Crippen molar-refractivity contribution in [3.63, 3.8) is 0 Å². The minimum absolute atomic E-state index is 0.115. The number of pyridine rings is 1. The quantitative estimate of drug-likeness (QED) is 0.369. The Balaban J connectivity index is 1.32. The number of nitrogens with two attached hydrogens (primary N) is 1. The van der Waals surface area contributed by atoms with Gasteiger partial charge in [-0.3, -0.25) is 9.48 Å². The van der Waals surface area contributed by atoms with Gasteiger partial charge in [-0.15, -0.1) is 10.2 Å². The van der Waals surface area contributed by atoms with Crippen LogP contribution in [0.15, 0.2) is 30.7 Å². The van der Waals surface area contributed by atoms with Gasteiger partial charge in [-0.25, -0.2) is 9.37 Å². The van der Waals surface area contributed by atoms with E-state index in [9.17, 15) is 4.79 Å². The van der Waals surface area contributed by atoms with Crippen LogP contribution in [-0.4, -0.2) is 56.6 Å². The maximum absolute atomic E-state index is 15.4. The molecule has 1 fully saturated rings. The van der Waals surface area contributed by atoms with Crippen molar-refractivity contribution in [3.8, 4) is 17.0 Å².